The van der Waals surface area contributed by atoms with Gasteiger partial charge in [0.1, 0.15) is 12.1 Å². The predicted octanol–water partition coefficient (Wildman–Crippen LogP) is -0.860. The highest BCUT2D eigenvalue weighted by Gasteiger charge is 2.48. The molecule has 0 saturated carbocycles. The van der Waals surface area contributed by atoms with Crippen LogP contribution in [0.3, 0.4) is 0 Å². The van der Waals surface area contributed by atoms with Crippen molar-refractivity contribution in [1.82, 2.24) is 5.32 Å². The number of aliphatic hydroxyl groups excluding tert-OH is 1. The SMILES string of the molecule is COP(=O)(O)[C@@H]1OC(C(=O)O)=C[C@H](O)[C@H]1NC(=O)O. The lowest BCUT2D eigenvalue weighted by Crippen LogP contribution is -2.53. The Balaban J connectivity index is 3.15. The Kier molecular flexibility index (Phi) is 4.53. The zero-order valence-corrected chi connectivity index (χ0v) is 10.5. The highest BCUT2D eigenvalue weighted by atomic mass is 31.2. The van der Waals surface area contributed by atoms with Crippen LogP contribution in [-0.4, -0.2) is 57.4 Å². The van der Waals surface area contributed by atoms with Gasteiger partial charge in [-0.2, -0.15) is 0 Å². The van der Waals surface area contributed by atoms with Crippen molar-refractivity contribution in [2.45, 2.75) is 18.0 Å². The molecule has 11 heteroatoms. The van der Waals surface area contributed by atoms with Crippen LogP contribution in [0.2, 0.25) is 0 Å². The number of nitrogens with one attached hydrogen (secondary N) is 1. The Morgan fingerprint density at radius 2 is 2.05 bits per heavy atom. The summed E-state index contributed by atoms with van der Waals surface area (Å²) in [4.78, 5) is 30.8. The molecule has 0 aliphatic carbocycles. The fraction of sp³-hybridized carbons (Fsp3) is 0.500. The molecule has 0 saturated heterocycles. The zero-order valence-electron chi connectivity index (χ0n) is 9.59. The minimum absolute atomic E-state index is 0.717. The molecule has 19 heavy (non-hydrogen) atoms. The van der Waals surface area contributed by atoms with Crippen LogP contribution in [0.15, 0.2) is 11.8 Å². The van der Waals surface area contributed by atoms with Crippen molar-refractivity contribution in [3.8, 4) is 0 Å². The minimum Gasteiger partial charge on any atom is -0.475 e. The summed E-state index contributed by atoms with van der Waals surface area (Å²) in [5.74, 6) is -4.22. The molecule has 1 heterocycles. The van der Waals surface area contributed by atoms with Gasteiger partial charge in [0.25, 0.3) is 0 Å². The highest BCUT2D eigenvalue weighted by Crippen LogP contribution is 2.51. The number of hydrogen-bond donors (Lipinski definition) is 5. The Hall–Kier alpha value is -1.61. The molecule has 0 aromatic carbocycles. The van der Waals surface area contributed by atoms with E-state index in [2.05, 4.69) is 4.52 Å². The summed E-state index contributed by atoms with van der Waals surface area (Å²) in [6.07, 6.45) is -2.52. The van der Waals surface area contributed by atoms with Gasteiger partial charge in [0.05, 0.1) is 0 Å². The molecule has 1 rings (SSSR count). The fourth-order valence-corrected chi connectivity index (χ4v) is 2.58. The normalized spacial score (nSPS) is 29.6. The lowest BCUT2D eigenvalue weighted by atomic mass is 10.1. The van der Waals surface area contributed by atoms with Crippen LogP contribution in [0.25, 0.3) is 0 Å². The third kappa shape index (κ3) is 3.44. The maximum atomic E-state index is 11.7. The Morgan fingerprint density at radius 1 is 1.47 bits per heavy atom. The van der Waals surface area contributed by atoms with Crippen molar-refractivity contribution in [2.24, 2.45) is 0 Å². The molecule has 1 aliphatic rings. The minimum atomic E-state index is -4.49. The molecule has 1 unspecified atom stereocenters. The quantitative estimate of drug-likeness (QED) is 0.415. The van der Waals surface area contributed by atoms with Gasteiger partial charge in [-0.1, -0.05) is 0 Å². The number of aliphatic carboxylic acids is 1. The monoisotopic (exact) mass is 297 g/mol. The van der Waals surface area contributed by atoms with E-state index < -0.39 is 43.4 Å². The number of carboxylic acids is 1. The predicted molar refractivity (Wildman–Crippen MR) is 58.4 cm³/mol. The first-order chi connectivity index (χ1) is 8.69. The summed E-state index contributed by atoms with van der Waals surface area (Å²) < 4.78 is 20.7. The first kappa shape index (κ1) is 15.4. The van der Waals surface area contributed by atoms with Gasteiger partial charge in [-0.25, -0.2) is 9.59 Å². The first-order valence-electron chi connectivity index (χ1n) is 4.86. The Morgan fingerprint density at radius 3 is 2.47 bits per heavy atom. The van der Waals surface area contributed by atoms with Gasteiger partial charge in [0.15, 0.2) is 0 Å². The number of carbonyl (C=O) groups is 2. The lowest BCUT2D eigenvalue weighted by molar-refractivity contribution is -0.138. The molecule has 1 amide bonds. The zero-order chi connectivity index (χ0) is 14.8. The van der Waals surface area contributed by atoms with E-state index in [1.807, 2.05) is 0 Å². The molecule has 10 nitrogen and oxygen atoms in total. The number of amides is 1. The largest absolute Gasteiger partial charge is 0.475 e. The molecule has 0 bridgehead atoms. The molecule has 4 atom stereocenters. The molecule has 0 aromatic heterocycles. The van der Waals surface area contributed by atoms with Crippen LogP contribution in [-0.2, 0) is 18.6 Å². The highest BCUT2D eigenvalue weighted by molar-refractivity contribution is 7.53. The second-order valence-electron chi connectivity index (χ2n) is 3.56. The molecule has 108 valence electrons. The van der Waals surface area contributed by atoms with Crippen molar-refractivity contribution >= 4 is 19.7 Å². The lowest BCUT2D eigenvalue weighted by Gasteiger charge is -2.34. The van der Waals surface area contributed by atoms with Gasteiger partial charge in [-0.05, 0) is 6.08 Å². The van der Waals surface area contributed by atoms with E-state index in [9.17, 15) is 24.2 Å². The van der Waals surface area contributed by atoms with Crippen molar-refractivity contribution in [1.29, 1.82) is 0 Å². The average molecular weight is 297 g/mol. The standard InChI is InChI=1S/C8H12NO9P/c1-17-19(15,16)7-5(9-8(13)14)3(10)2-4(18-7)6(11)12/h2-3,5,7,9-10H,1H3,(H,11,12)(H,13,14)(H,15,16)/t3-,5+,7-/m0/s1. The van der Waals surface area contributed by atoms with E-state index in [0.717, 1.165) is 13.2 Å². The van der Waals surface area contributed by atoms with Crippen molar-refractivity contribution in [3.05, 3.63) is 11.8 Å². The molecule has 5 N–H and O–H groups in total. The summed E-state index contributed by atoms with van der Waals surface area (Å²) in [6.45, 7) is 0. The van der Waals surface area contributed by atoms with Gasteiger partial charge in [0.2, 0.25) is 11.6 Å². The van der Waals surface area contributed by atoms with Crippen LogP contribution in [0.1, 0.15) is 0 Å². The summed E-state index contributed by atoms with van der Waals surface area (Å²) in [6, 6.07) is -1.55. The number of ether oxygens (including phenoxy) is 1. The second-order valence-corrected chi connectivity index (χ2v) is 5.56. The molecule has 0 radical (unpaired) electrons. The van der Waals surface area contributed by atoms with Crippen molar-refractivity contribution in [3.63, 3.8) is 0 Å². The van der Waals surface area contributed by atoms with E-state index in [-0.39, 0.29) is 0 Å². The summed E-state index contributed by atoms with van der Waals surface area (Å²) in [5.41, 5.74) is 0. The van der Waals surface area contributed by atoms with Gasteiger partial charge in [-0.15, -0.1) is 0 Å². The van der Waals surface area contributed by atoms with Crippen LogP contribution < -0.4 is 5.32 Å². The summed E-state index contributed by atoms with van der Waals surface area (Å²) in [5, 5.41) is 28.7. The van der Waals surface area contributed by atoms with Crippen LogP contribution in [0, 0.1) is 0 Å². The van der Waals surface area contributed by atoms with E-state index in [0.29, 0.717) is 0 Å². The number of rotatable bonds is 4. The molecular formula is C8H12NO9P. The maximum Gasteiger partial charge on any atom is 0.405 e. The van der Waals surface area contributed by atoms with Crippen molar-refractivity contribution < 1.29 is 43.6 Å². The third-order valence-electron chi connectivity index (χ3n) is 2.33. The van der Waals surface area contributed by atoms with E-state index in [4.69, 9.17) is 14.9 Å². The van der Waals surface area contributed by atoms with E-state index in [1.54, 1.807) is 5.32 Å². The topological polar surface area (TPSA) is 163 Å². The third-order valence-corrected chi connectivity index (χ3v) is 3.92. The maximum absolute atomic E-state index is 11.7. The van der Waals surface area contributed by atoms with E-state index in [1.165, 1.54) is 0 Å². The first-order valence-corrected chi connectivity index (χ1v) is 6.51. The number of hydrogen-bond acceptors (Lipinski definition) is 6. The Bertz CT molecular complexity index is 461. The van der Waals surface area contributed by atoms with Gasteiger partial charge in [0, 0.05) is 7.11 Å². The molecule has 0 spiro atoms. The van der Waals surface area contributed by atoms with Crippen molar-refractivity contribution in [2.75, 3.05) is 7.11 Å². The second kappa shape index (κ2) is 5.57. The van der Waals surface area contributed by atoms with E-state index >= 15 is 0 Å². The average Bonchev–Trinajstić information content (AvgIpc) is 2.30. The molecule has 1 aliphatic heterocycles. The molecule has 0 fully saturated rings. The number of carboxylic acid groups (broad SMARTS) is 2. The van der Waals surface area contributed by atoms with Crippen LogP contribution in [0.4, 0.5) is 4.79 Å². The number of aliphatic hydroxyl groups is 1. The van der Waals surface area contributed by atoms with Gasteiger partial charge < -0.3 is 34.8 Å². The summed E-state index contributed by atoms with van der Waals surface area (Å²) >= 11 is 0. The smallest absolute Gasteiger partial charge is 0.405 e. The van der Waals surface area contributed by atoms with Gasteiger partial charge in [-0.3, -0.25) is 4.57 Å². The van der Waals surface area contributed by atoms with Crippen LogP contribution in [0.5, 0.6) is 0 Å². The van der Waals surface area contributed by atoms with Crippen LogP contribution >= 0.6 is 7.60 Å². The Labute approximate surface area is 106 Å². The molecular weight excluding hydrogens is 285 g/mol. The van der Waals surface area contributed by atoms with Gasteiger partial charge >= 0.3 is 19.7 Å². The summed E-state index contributed by atoms with van der Waals surface area (Å²) in [7, 11) is -3.62. The molecule has 0 aromatic rings. The fourth-order valence-electron chi connectivity index (χ4n) is 1.46.